The molecule has 9 heteroatoms. The average Bonchev–Trinajstić information content (AvgIpc) is 3.11. The summed E-state index contributed by atoms with van der Waals surface area (Å²) in [5, 5.41) is 0. The zero-order valence-electron chi connectivity index (χ0n) is 18.6. The van der Waals surface area contributed by atoms with Crippen LogP contribution >= 0.6 is 0 Å². The summed E-state index contributed by atoms with van der Waals surface area (Å²) in [6.07, 6.45) is -5.39. The van der Waals surface area contributed by atoms with Crippen molar-refractivity contribution in [3.63, 3.8) is 0 Å². The highest BCUT2D eigenvalue weighted by Gasteiger charge is 2.61. The molecule has 180 valence electrons. The van der Waals surface area contributed by atoms with Gasteiger partial charge in [-0.1, -0.05) is 60.7 Å². The molecule has 7 nitrogen and oxygen atoms in total. The fourth-order valence-electron chi connectivity index (χ4n) is 4.06. The zero-order chi connectivity index (χ0) is 24.1. The van der Waals surface area contributed by atoms with Crippen molar-refractivity contribution in [2.75, 3.05) is 6.61 Å². The number of H-pyrrole nitrogens is 1. The highest BCUT2D eigenvalue weighted by Crippen LogP contribution is 2.44. The monoisotopic (exact) mass is 472 g/mol. The Morgan fingerprint density at radius 2 is 1.65 bits per heavy atom. The highest BCUT2D eigenvalue weighted by atomic mass is 19.1. The van der Waals surface area contributed by atoms with E-state index in [0.717, 1.165) is 28.0 Å². The number of halogens is 2. The van der Waals surface area contributed by atoms with Crippen molar-refractivity contribution in [3.8, 4) is 0 Å². The maximum absolute atomic E-state index is 15.8. The number of aromatic amines is 1. The van der Waals surface area contributed by atoms with Crippen LogP contribution in [0.3, 0.4) is 0 Å². The lowest BCUT2D eigenvalue weighted by Gasteiger charge is -2.35. The van der Waals surface area contributed by atoms with Gasteiger partial charge in [-0.15, -0.1) is 0 Å². The molecule has 5 atom stereocenters. The summed E-state index contributed by atoms with van der Waals surface area (Å²) >= 11 is 0. The first-order valence-electron chi connectivity index (χ1n) is 11.0. The van der Waals surface area contributed by atoms with Gasteiger partial charge in [-0.05, 0) is 18.1 Å². The van der Waals surface area contributed by atoms with Gasteiger partial charge in [0.1, 0.15) is 12.3 Å². The molecule has 2 aromatic carbocycles. The standard InChI is InChI=1S/C25H26F2N2O5/c1-17(26)25(16-32-14-18-8-4-2-5-9-18)22(33-15-19-10-6-3-7-11-19)21(27)23(34-25)29-13-12-20(30)28-24(29)31/h2-13,17,21-23H,14-16H2,1H3,(H,28,30,31)/t17-,21-,22+,23-,25+/m1/s1. The lowest BCUT2D eigenvalue weighted by atomic mass is 9.91. The number of nitrogens with one attached hydrogen (secondary N) is 1. The molecule has 34 heavy (non-hydrogen) atoms. The molecule has 0 amide bonds. The number of hydrogen-bond acceptors (Lipinski definition) is 5. The molecule has 0 saturated carbocycles. The fraction of sp³-hybridized carbons (Fsp3) is 0.360. The van der Waals surface area contributed by atoms with Crippen molar-refractivity contribution in [1.29, 1.82) is 0 Å². The van der Waals surface area contributed by atoms with Gasteiger partial charge in [0.2, 0.25) is 0 Å². The molecule has 1 aliphatic heterocycles. The second-order valence-corrected chi connectivity index (χ2v) is 8.24. The molecule has 0 bridgehead atoms. The van der Waals surface area contributed by atoms with Crippen LogP contribution in [0.2, 0.25) is 0 Å². The van der Waals surface area contributed by atoms with Crippen molar-refractivity contribution >= 4 is 0 Å². The molecule has 1 saturated heterocycles. The van der Waals surface area contributed by atoms with Gasteiger partial charge >= 0.3 is 5.69 Å². The molecule has 1 aliphatic rings. The SMILES string of the molecule is C[C@@H](F)[C@]1(COCc2ccccc2)O[C@@H](n2ccc(=O)[nH]c2=O)[C@H](F)[C@@H]1OCc1ccccc1. The molecule has 0 unspecified atom stereocenters. The summed E-state index contributed by atoms with van der Waals surface area (Å²) in [7, 11) is 0. The van der Waals surface area contributed by atoms with E-state index in [1.165, 1.54) is 6.92 Å². The zero-order valence-corrected chi connectivity index (χ0v) is 18.6. The summed E-state index contributed by atoms with van der Waals surface area (Å²) in [6, 6.07) is 19.4. The van der Waals surface area contributed by atoms with E-state index in [4.69, 9.17) is 14.2 Å². The minimum atomic E-state index is -1.91. The van der Waals surface area contributed by atoms with Crippen molar-refractivity contribution in [1.82, 2.24) is 9.55 Å². The van der Waals surface area contributed by atoms with E-state index in [2.05, 4.69) is 4.98 Å². The second-order valence-electron chi connectivity index (χ2n) is 8.24. The van der Waals surface area contributed by atoms with E-state index in [1.807, 2.05) is 48.5 Å². The van der Waals surface area contributed by atoms with Gasteiger partial charge in [0.15, 0.2) is 18.0 Å². The Morgan fingerprint density at radius 3 is 2.24 bits per heavy atom. The molecule has 1 N–H and O–H groups in total. The maximum atomic E-state index is 15.8. The summed E-state index contributed by atoms with van der Waals surface area (Å²) < 4.78 is 49.5. The summed E-state index contributed by atoms with van der Waals surface area (Å²) in [6.45, 7) is 1.10. The first-order valence-corrected chi connectivity index (χ1v) is 11.0. The van der Waals surface area contributed by atoms with Crippen LogP contribution in [0.15, 0.2) is 82.5 Å². The molecule has 4 rings (SSSR count). The normalized spacial score (nSPS) is 25.3. The first kappa shape index (κ1) is 24.0. The van der Waals surface area contributed by atoms with Gasteiger partial charge in [0.25, 0.3) is 5.56 Å². The Bertz CT molecular complexity index is 1180. The number of rotatable bonds is 9. The Labute approximate surface area is 194 Å². The third-order valence-electron chi connectivity index (χ3n) is 5.89. The van der Waals surface area contributed by atoms with Crippen LogP contribution < -0.4 is 11.2 Å². The molecule has 0 radical (unpaired) electrons. The second kappa shape index (κ2) is 10.4. The minimum absolute atomic E-state index is 0.00961. The maximum Gasteiger partial charge on any atom is 0.330 e. The van der Waals surface area contributed by atoms with E-state index in [9.17, 15) is 9.59 Å². The third kappa shape index (κ3) is 5.01. The van der Waals surface area contributed by atoms with Crippen molar-refractivity contribution < 1.29 is 23.0 Å². The molecule has 0 aliphatic carbocycles. The lowest BCUT2D eigenvalue weighted by Crippen LogP contribution is -2.53. The predicted molar refractivity (Wildman–Crippen MR) is 121 cm³/mol. The van der Waals surface area contributed by atoms with E-state index in [0.29, 0.717) is 0 Å². The van der Waals surface area contributed by atoms with Gasteiger partial charge in [-0.25, -0.2) is 13.6 Å². The molecular weight excluding hydrogens is 446 g/mol. The van der Waals surface area contributed by atoms with Gasteiger partial charge in [-0.2, -0.15) is 0 Å². The number of hydrogen-bond donors (Lipinski definition) is 1. The Morgan fingerprint density at radius 1 is 1.03 bits per heavy atom. The number of nitrogens with zero attached hydrogens (tertiary/aromatic N) is 1. The largest absolute Gasteiger partial charge is 0.374 e. The molecule has 3 aromatic rings. The minimum Gasteiger partial charge on any atom is -0.374 e. The van der Waals surface area contributed by atoms with Crippen LogP contribution in [0.4, 0.5) is 8.78 Å². The molecule has 1 fully saturated rings. The molecule has 0 spiro atoms. The van der Waals surface area contributed by atoms with Gasteiger partial charge in [0.05, 0.1) is 19.8 Å². The van der Waals surface area contributed by atoms with Gasteiger partial charge in [0, 0.05) is 12.3 Å². The molecule has 2 heterocycles. The quantitative estimate of drug-likeness (QED) is 0.517. The smallest absolute Gasteiger partial charge is 0.330 e. The van der Waals surface area contributed by atoms with Crippen molar-refractivity contribution in [2.45, 2.75) is 50.4 Å². The van der Waals surface area contributed by atoms with E-state index in [1.54, 1.807) is 12.1 Å². The number of alkyl halides is 2. The summed E-state index contributed by atoms with van der Waals surface area (Å²) in [5.74, 6) is 0. The third-order valence-corrected chi connectivity index (χ3v) is 5.89. The topological polar surface area (TPSA) is 82.5 Å². The molecule has 1 aromatic heterocycles. The van der Waals surface area contributed by atoms with Crippen LogP contribution in [-0.4, -0.2) is 40.2 Å². The Balaban J connectivity index is 1.63. The Hall–Kier alpha value is -3.14. The number of ether oxygens (including phenoxy) is 3. The van der Waals surface area contributed by atoms with Crippen LogP contribution in [-0.2, 0) is 27.4 Å². The average molecular weight is 472 g/mol. The predicted octanol–water partition coefficient (Wildman–Crippen LogP) is 3.30. The van der Waals surface area contributed by atoms with Gasteiger partial charge in [-0.3, -0.25) is 14.3 Å². The lowest BCUT2D eigenvalue weighted by molar-refractivity contribution is -0.185. The molecular formula is C25H26F2N2O5. The number of benzene rings is 2. The number of aromatic nitrogens is 2. The van der Waals surface area contributed by atoms with E-state index >= 15 is 8.78 Å². The summed E-state index contributed by atoms with van der Waals surface area (Å²) in [4.78, 5) is 25.9. The van der Waals surface area contributed by atoms with Crippen molar-refractivity contribution in [3.05, 3.63) is 105 Å². The van der Waals surface area contributed by atoms with Gasteiger partial charge < -0.3 is 14.2 Å². The van der Waals surface area contributed by atoms with E-state index in [-0.39, 0.29) is 19.8 Å². The van der Waals surface area contributed by atoms with Crippen LogP contribution in [0, 0.1) is 0 Å². The Kier molecular flexibility index (Phi) is 7.35. The van der Waals surface area contributed by atoms with Crippen molar-refractivity contribution in [2.24, 2.45) is 0 Å². The highest BCUT2D eigenvalue weighted by molar-refractivity contribution is 5.15. The summed E-state index contributed by atoms with van der Waals surface area (Å²) in [5.41, 5.74) is -1.71. The van der Waals surface area contributed by atoms with E-state index < -0.39 is 41.5 Å². The fourth-order valence-corrected chi connectivity index (χ4v) is 4.06. The first-order chi connectivity index (χ1) is 16.4. The van der Waals surface area contributed by atoms with Crippen LogP contribution in [0.5, 0.6) is 0 Å². The van der Waals surface area contributed by atoms with Crippen LogP contribution in [0.1, 0.15) is 24.3 Å². The van der Waals surface area contributed by atoms with Crippen LogP contribution in [0.25, 0.3) is 0 Å².